The molecule has 0 aliphatic rings. The Bertz CT molecular complexity index is 484. The van der Waals surface area contributed by atoms with E-state index in [1.807, 2.05) is 19.9 Å². The Hall–Kier alpha value is -1.75. The number of methoxy groups -OCH3 is 2. The average Bonchev–Trinajstić information content (AvgIpc) is 2.39. The molecule has 0 radical (unpaired) electrons. The summed E-state index contributed by atoms with van der Waals surface area (Å²) in [6.07, 6.45) is 0. The average molecular weight is 266 g/mol. The number of carbonyl (C=O) groups excluding carboxylic acids is 1. The lowest BCUT2D eigenvalue weighted by atomic mass is 9.94. The topological polar surface area (TPSA) is 64.8 Å². The van der Waals surface area contributed by atoms with Crippen LogP contribution in [0.5, 0.6) is 11.5 Å². The van der Waals surface area contributed by atoms with Crippen molar-refractivity contribution < 1.29 is 14.3 Å². The first kappa shape index (κ1) is 15.3. The standard InChI is InChI=1S/C14H22N2O3/c1-8-9(2)13(19-6)11(7-12(8)18-5)10(3)14(17)16(4)15/h7,10H,15H2,1-6H3. The first-order valence-corrected chi connectivity index (χ1v) is 6.09. The van der Waals surface area contributed by atoms with E-state index in [0.29, 0.717) is 5.75 Å². The first-order chi connectivity index (χ1) is 8.84. The molecule has 2 N–H and O–H groups in total. The highest BCUT2D eigenvalue weighted by molar-refractivity contribution is 5.84. The molecule has 5 nitrogen and oxygen atoms in total. The summed E-state index contributed by atoms with van der Waals surface area (Å²) in [6.45, 7) is 5.71. The van der Waals surface area contributed by atoms with E-state index < -0.39 is 5.92 Å². The summed E-state index contributed by atoms with van der Waals surface area (Å²) in [7, 11) is 4.74. The van der Waals surface area contributed by atoms with Crippen LogP contribution in [0.2, 0.25) is 0 Å². The monoisotopic (exact) mass is 266 g/mol. The van der Waals surface area contributed by atoms with E-state index in [1.165, 1.54) is 7.05 Å². The lowest BCUT2D eigenvalue weighted by Gasteiger charge is -2.22. The fourth-order valence-electron chi connectivity index (χ4n) is 2.13. The van der Waals surface area contributed by atoms with Crippen LogP contribution in [0.25, 0.3) is 0 Å². The van der Waals surface area contributed by atoms with Gasteiger partial charge in [-0.05, 0) is 38.0 Å². The normalized spacial score (nSPS) is 11.9. The van der Waals surface area contributed by atoms with Crippen molar-refractivity contribution in [3.63, 3.8) is 0 Å². The van der Waals surface area contributed by atoms with Crippen molar-refractivity contribution in [1.82, 2.24) is 5.01 Å². The van der Waals surface area contributed by atoms with Gasteiger partial charge in [0.2, 0.25) is 5.91 Å². The Kier molecular flexibility index (Phi) is 4.78. The summed E-state index contributed by atoms with van der Waals surface area (Å²) < 4.78 is 10.8. The van der Waals surface area contributed by atoms with Crippen molar-refractivity contribution in [2.24, 2.45) is 5.84 Å². The highest BCUT2D eigenvalue weighted by Crippen LogP contribution is 2.37. The van der Waals surface area contributed by atoms with Crippen LogP contribution in [-0.2, 0) is 4.79 Å². The predicted molar refractivity (Wildman–Crippen MR) is 74.4 cm³/mol. The van der Waals surface area contributed by atoms with Gasteiger partial charge in [0.05, 0.1) is 20.1 Å². The van der Waals surface area contributed by atoms with E-state index in [2.05, 4.69) is 0 Å². The van der Waals surface area contributed by atoms with Crippen molar-refractivity contribution in [3.05, 3.63) is 22.8 Å². The molecule has 0 aromatic heterocycles. The third-order valence-corrected chi connectivity index (χ3v) is 3.43. The Labute approximate surface area is 114 Å². The number of amides is 1. The number of likely N-dealkylation sites (N-methyl/N-ethyl adjacent to an activating group) is 1. The number of ether oxygens (including phenoxy) is 2. The third kappa shape index (κ3) is 2.81. The summed E-state index contributed by atoms with van der Waals surface area (Å²) in [5.74, 6) is 6.40. The van der Waals surface area contributed by atoms with Crippen LogP contribution in [0.15, 0.2) is 6.07 Å². The number of nitrogens with two attached hydrogens (primary N) is 1. The van der Waals surface area contributed by atoms with Crippen LogP contribution in [-0.4, -0.2) is 32.2 Å². The van der Waals surface area contributed by atoms with Crippen molar-refractivity contribution >= 4 is 5.91 Å². The van der Waals surface area contributed by atoms with Gasteiger partial charge in [0.1, 0.15) is 11.5 Å². The van der Waals surface area contributed by atoms with E-state index in [1.54, 1.807) is 21.1 Å². The van der Waals surface area contributed by atoms with Crippen LogP contribution >= 0.6 is 0 Å². The van der Waals surface area contributed by atoms with Gasteiger partial charge in [0.15, 0.2) is 0 Å². The zero-order chi connectivity index (χ0) is 14.7. The van der Waals surface area contributed by atoms with Gasteiger partial charge < -0.3 is 9.47 Å². The molecule has 106 valence electrons. The zero-order valence-electron chi connectivity index (χ0n) is 12.4. The van der Waals surface area contributed by atoms with Crippen molar-refractivity contribution in [1.29, 1.82) is 0 Å². The van der Waals surface area contributed by atoms with Crippen molar-refractivity contribution in [2.75, 3.05) is 21.3 Å². The maximum atomic E-state index is 12.0. The summed E-state index contributed by atoms with van der Waals surface area (Å²) in [5, 5.41) is 1.09. The van der Waals surface area contributed by atoms with E-state index in [-0.39, 0.29) is 5.91 Å². The highest BCUT2D eigenvalue weighted by Gasteiger charge is 2.24. The van der Waals surface area contributed by atoms with Gasteiger partial charge in [-0.2, -0.15) is 0 Å². The molecule has 0 aliphatic heterocycles. The Morgan fingerprint density at radius 2 is 1.84 bits per heavy atom. The van der Waals surface area contributed by atoms with Crippen LogP contribution in [0.4, 0.5) is 0 Å². The second kappa shape index (κ2) is 5.93. The van der Waals surface area contributed by atoms with Crippen LogP contribution in [0.3, 0.4) is 0 Å². The van der Waals surface area contributed by atoms with Crippen LogP contribution < -0.4 is 15.3 Å². The number of hydrogen-bond acceptors (Lipinski definition) is 4. The molecule has 5 heteroatoms. The quantitative estimate of drug-likeness (QED) is 0.512. The van der Waals surface area contributed by atoms with Gasteiger partial charge in [-0.15, -0.1) is 0 Å². The Morgan fingerprint density at radius 1 is 1.26 bits per heavy atom. The van der Waals surface area contributed by atoms with Crippen LogP contribution in [0, 0.1) is 13.8 Å². The van der Waals surface area contributed by atoms with Gasteiger partial charge in [-0.3, -0.25) is 9.80 Å². The second-order valence-corrected chi connectivity index (χ2v) is 4.62. The lowest BCUT2D eigenvalue weighted by molar-refractivity contribution is -0.131. The minimum Gasteiger partial charge on any atom is -0.496 e. The van der Waals surface area contributed by atoms with Gasteiger partial charge in [0.25, 0.3) is 0 Å². The first-order valence-electron chi connectivity index (χ1n) is 6.09. The summed E-state index contributed by atoms with van der Waals surface area (Å²) >= 11 is 0. The number of rotatable bonds is 4. The molecule has 1 unspecified atom stereocenters. The smallest absolute Gasteiger partial charge is 0.243 e. The number of hydrazine groups is 1. The summed E-state index contributed by atoms with van der Waals surface area (Å²) in [5.41, 5.74) is 2.75. The summed E-state index contributed by atoms with van der Waals surface area (Å²) in [6, 6.07) is 1.84. The molecule has 1 aromatic carbocycles. The Balaban J connectivity index is 3.41. The summed E-state index contributed by atoms with van der Waals surface area (Å²) in [4.78, 5) is 12.0. The molecule has 1 atom stereocenters. The molecule has 0 saturated carbocycles. The molecule has 1 rings (SSSR count). The van der Waals surface area contributed by atoms with Crippen molar-refractivity contribution in [3.8, 4) is 11.5 Å². The van der Waals surface area contributed by atoms with E-state index in [0.717, 1.165) is 27.4 Å². The second-order valence-electron chi connectivity index (χ2n) is 4.62. The largest absolute Gasteiger partial charge is 0.496 e. The zero-order valence-corrected chi connectivity index (χ0v) is 12.4. The number of nitrogens with zero attached hydrogens (tertiary/aromatic N) is 1. The van der Waals surface area contributed by atoms with Gasteiger partial charge in [-0.1, -0.05) is 0 Å². The lowest BCUT2D eigenvalue weighted by Crippen LogP contribution is -2.36. The van der Waals surface area contributed by atoms with Gasteiger partial charge >= 0.3 is 0 Å². The van der Waals surface area contributed by atoms with Gasteiger partial charge in [-0.25, -0.2) is 5.84 Å². The number of carbonyl (C=O) groups is 1. The minimum absolute atomic E-state index is 0.177. The molecule has 0 fully saturated rings. The molecule has 19 heavy (non-hydrogen) atoms. The van der Waals surface area contributed by atoms with Gasteiger partial charge in [0, 0.05) is 12.6 Å². The SMILES string of the molecule is COc1cc(C(C)C(=O)N(C)N)c(OC)c(C)c1C. The van der Waals surface area contributed by atoms with E-state index >= 15 is 0 Å². The van der Waals surface area contributed by atoms with Crippen molar-refractivity contribution in [2.45, 2.75) is 26.7 Å². The molecule has 0 bridgehead atoms. The third-order valence-electron chi connectivity index (χ3n) is 3.43. The molecular formula is C14H22N2O3. The molecule has 0 aliphatic carbocycles. The number of hydrogen-bond donors (Lipinski definition) is 1. The fraction of sp³-hybridized carbons (Fsp3) is 0.500. The molecular weight excluding hydrogens is 244 g/mol. The van der Waals surface area contributed by atoms with E-state index in [4.69, 9.17) is 15.3 Å². The molecule has 1 aromatic rings. The fourth-order valence-corrected chi connectivity index (χ4v) is 2.13. The number of benzene rings is 1. The highest BCUT2D eigenvalue weighted by atomic mass is 16.5. The molecule has 1 amide bonds. The molecule has 0 saturated heterocycles. The Morgan fingerprint density at radius 3 is 2.26 bits per heavy atom. The van der Waals surface area contributed by atoms with E-state index in [9.17, 15) is 4.79 Å². The predicted octanol–water partition coefficient (Wildman–Crippen LogP) is 1.76. The maximum absolute atomic E-state index is 12.0. The minimum atomic E-state index is -0.391. The van der Waals surface area contributed by atoms with Crippen LogP contribution in [0.1, 0.15) is 29.5 Å². The maximum Gasteiger partial charge on any atom is 0.243 e. The molecule has 0 heterocycles. The molecule has 0 spiro atoms.